The molecule has 1 nitrogen and oxygen atoms in total. The average molecular weight is 271 g/mol. The topological polar surface area (TPSA) is 3.24 Å². The van der Waals surface area contributed by atoms with E-state index in [4.69, 9.17) is 0 Å². The minimum absolute atomic E-state index is 1.31. The Bertz CT molecular complexity index is 83.7. The quantitative estimate of drug-likeness (QED) is 0.569. The average Bonchev–Trinajstić information content (AvgIpc) is 2.03. The molecule has 0 spiro atoms. The van der Waals surface area contributed by atoms with Crippen LogP contribution in [0.25, 0.3) is 0 Å². The molecule has 0 saturated carbocycles. The minimum atomic E-state index is 1.31. The lowest BCUT2D eigenvalue weighted by Gasteiger charge is -2.25. The van der Waals surface area contributed by atoms with Gasteiger partial charge in [-0.05, 0) is 13.0 Å². The Hall–Kier alpha value is 1.04. The lowest BCUT2D eigenvalue weighted by molar-refractivity contribution is 0.305. The predicted molar refractivity (Wildman–Crippen MR) is 57.3 cm³/mol. The summed E-state index contributed by atoms with van der Waals surface area (Å²) in [6.45, 7) is 3.96. The van der Waals surface area contributed by atoms with Crippen molar-refractivity contribution in [3.05, 3.63) is 0 Å². The Morgan fingerprint density at radius 1 is 1.30 bits per heavy atom. The van der Waals surface area contributed by atoms with E-state index in [-0.39, 0.29) is 0 Å². The molecule has 1 saturated heterocycles. The van der Waals surface area contributed by atoms with Crippen molar-refractivity contribution >= 4 is 34.4 Å². The van der Waals surface area contributed by atoms with Crippen LogP contribution in [0.5, 0.6) is 0 Å². The second-order valence-electron chi connectivity index (χ2n) is 2.50. The third kappa shape index (κ3) is 3.44. The van der Waals surface area contributed by atoms with Crippen LogP contribution < -0.4 is 0 Å². The molecule has 0 atom stereocenters. The van der Waals surface area contributed by atoms with Crippen molar-refractivity contribution in [1.29, 1.82) is 0 Å². The van der Waals surface area contributed by atoms with Gasteiger partial charge in [0.05, 0.1) is 0 Å². The molecule has 60 valence electrons. The monoisotopic (exact) mass is 271 g/mol. The van der Waals surface area contributed by atoms with E-state index < -0.39 is 0 Å². The Morgan fingerprint density at radius 2 is 2.00 bits per heavy atom. The maximum Gasteiger partial charge on any atom is 0.00727 e. The highest BCUT2D eigenvalue weighted by molar-refractivity contribution is 14.1. The van der Waals surface area contributed by atoms with Crippen LogP contribution in [-0.4, -0.2) is 40.5 Å². The van der Waals surface area contributed by atoms with Crippen molar-refractivity contribution in [3.8, 4) is 0 Å². The highest BCUT2D eigenvalue weighted by Crippen LogP contribution is 2.09. The summed E-state index contributed by atoms with van der Waals surface area (Å²) < 4.78 is 1.31. The summed E-state index contributed by atoms with van der Waals surface area (Å²) in [5, 5.41) is 0. The number of hydrogen-bond donors (Lipinski definition) is 0. The van der Waals surface area contributed by atoms with Gasteiger partial charge in [0.2, 0.25) is 0 Å². The summed E-state index contributed by atoms with van der Waals surface area (Å²) in [6, 6.07) is 0. The Kier molecular flexibility index (Phi) is 5.17. The summed E-state index contributed by atoms with van der Waals surface area (Å²) in [4.78, 5) is 2.58. The van der Waals surface area contributed by atoms with Crippen molar-refractivity contribution in [2.45, 2.75) is 6.42 Å². The number of nitrogens with zero attached hydrogens (tertiary/aromatic N) is 1. The number of hydrogen-bond acceptors (Lipinski definition) is 2. The van der Waals surface area contributed by atoms with Gasteiger partial charge in [-0.3, -0.25) is 0 Å². The maximum atomic E-state index is 2.58. The van der Waals surface area contributed by atoms with Crippen molar-refractivity contribution in [2.24, 2.45) is 0 Å². The molecule has 0 aromatic carbocycles. The van der Waals surface area contributed by atoms with Gasteiger partial charge in [0, 0.05) is 29.0 Å². The SMILES string of the molecule is ICCCN1CCSCC1. The molecule has 0 radical (unpaired) electrons. The van der Waals surface area contributed by atoms with Gasteiger partial charge in [0.25, 0.3) is 0 Å². The van der Waals surface area contributed by atoms with Crippen LogP contribution >= 0.6 is 34.4 Å². The zero-order valence-electron chi connectivity index (χ0n) is 6.18. The highest BCUT2D eigenvalue weighted by Gasteiger charge is 2.08. The molecule has 0 aromatic heterocycles. The molecule has 0 aromatic rings. The Balaban J connectivity index is 2.02. The lowest BCUT2D eigenvalue weighted by Crippen LogP contribution is -2.33. The predicted octanol–water partition coefficient (Wildman–Crippen LogP) is 1.86. The van der Waals surface area contributed by atoms with Gasteiger partial charge in [0.1, 0.15) is 0 Å². The zero-order chi connectivity index (χ0) is 7.23. The number of alkyl halides is 1. The normalized spacial score (nSPS) is 21.3. The fourth-order valence-electron chi connectivity index (χ4n) is 1.11. The second-order valence-corrected chi connectivity index (χ2v) is 4.80. The first-order valence-corrected chi connectivity index (χ1v) is 6.47. The first-order valence-electron chi connectivity index (χ1n) is 3.79. The van der Waals surface area contributed by atoms with E-state index >= 15 is 0 Å². The van der Waals surface area contributed by atoms with Gasteiger partial charge in [-0.15, -0.1) is 0 Å². The molecule has 10 heavy (non-hydrogen) atoms. The van der Waals surface area contributed by atoms with Gasteiger partial charge in [0.15, 0.2) is 0 Å². The van der Waals surface area contributed by atoms with Crippen LogP contribution in [0.2, 0.25) is 0 Å². The molecule has 1 aliphatic heterocycles. The van der Waals surface area contributed by atoms with E-state index in [9.17, 15) is 0 Å². The molecule has 1 heterocycles. The van der Waals surface area contributed by atoms with E-state index in [0.717, 1.165) is 0 Å². The zero-order valence-corrected chi connectivity index (χ0v) is 9.16. The summed E-state index contributed by atoms with van der Waals surface area (Å²) in [5.74, 6) is 2.70. The minimum Gasteiger partial charge on any atom is -0.302 e. The molecule has 0 N–H and O–H groups in total. The molecule has 1 fully saturated rings. The van der Waals surface area contributed by atoms with E-state index in [2.05, 4.69) is 39.3 Å². The number of thioether (sulfide) groups is 1. The van der Waals surface area contributed by atoms with E-state index in [0.29, 0.717) is 0 Å². The molecule has 0 bridgehead atoms. The molecule has 0 unspecified atom stereocenters. The Morgan fingerprint density at radius 3 is 2.60 bits per heavy atom. The van der Waals surface area contributed by atoms with Crippen LogP contribution in [0.15, 0.2) is 0 Å². The van der Waals surface area contributed by atoms with E-state index in [1.165, 1.54) is 42.0 Å². The molecule has 0 amide bonds. The fourth-order valence-corrected chi connectivity index (χ4v) is 2.43. The van der Waals surface area contributed by atoms with Gasteiger partial charge >= 0.3 is 0 Å². The van der Waals surface area contributed by atoms with Crippen LogP contribution in [0.1, 0.15) is 6.42 Å². The summed E-state index contributed by atoms with van der Waals surface area (Å²) in [7, 11) is 0. The van der Waals surface area contributed by atoms with Crippen LogP contribution in [0, 0.1) is 0 Å². The van der Waals surface area contributed by atoms with Crippen LogP contribution in [0.3, 0.4) is 0 Å². The van der Waals surface area contributed by atoms with E-state index in [1.807, 2.05) is 0 Å². The first kappa shape index (κ1) is 9.13. The van der Waals surface area contributed by atoms with Crippen LogP contribution in [0.4, 0.5) is 0 Å². The standard InChI is InChI=1S/C7H14INS/c8-2-1-3-9-4-6-10-7-5-9/h1-7H2. The number of rotatable bonds is 3. The van der Waals surface area contributed by atoms with Gasteiger partial charge < -0.3 is 4.90 Å². The van der Waals surface area contributed by atoms with Crippen molar-refractivity contribution in [1.82, 2.24) is 4.90 Å². The van der Waals surface area contributed by atoms with Crippen molar-refractivity contribution in [3.63, 3.8) is 0 Å². The highest BCUT2D eigenvalue weighted by atomic mass is 127. The maximum absolute atomic E-state index is 2.58. The molecule has 1 aliphatic rings. The van der Waals surface area contributed by atoms with Gasteiger partial charge in [-0.25, -0.2) is 0 Å². The molecule has 1 rings (SSSR count). The van der Waals surface area contributed by atoms with Gasteiger partial charge in [-0.1, -0.05) is 22.6 Å². The van der Waals surface area contributed by atoms with Crippen molar-refractivity contribution < 1.29 is 0 Å². The molecular weight excluding hydrogens is 257 g/mol. The largest absolute Gasteiger partial charge is 0.302 e. The summed E-state index contributed by atoms with van der Waals surface area (Å²) >= 11 is 4.54. The smallest absolute Gasteiger partial charge is 0.00727 e. The first-order chi connectivity index (χ1) is 4.93. The van der Waals surface area contributed by atoms with Crippen molar-refractivity contribution in [2.75, 3.05) is 35.6 Å². The molecular formula is C7H14INS. The summed E-state index contributed by atoms with van der Waals surface area (Å²) in [5.41, 5.74) is 0. The third-order valence-electron chi connectivity index (χ3n) is 1.71. The fraction of sp³-hybridized carbons (Fsp3) is 1.00. The third-order valence-corrected chi connectivity index (χ3v) is 3.42. The molecule has 0 aliphatic carbocycles. The van der Waals surface area contributed by atoms with Crippen LogP contribution in [-0.2, 0) is 0 Å². The lowest BCUT2D eigenvalue weighted by atomic mass is 10.4. The van der Waals surface area contributed by atoms with E-state index in [1.54, 1.807) is 0 Å². The summed E-state index contributed by atoms with van der Waals surface area (Å²) in [6.07, 6.45) is 1.37. The van der Waals surface area contributed by atoms with Gasteiger partial charge in [-0.2, -0.15) is 11.8 Å². The molecule has 3 heteroatoms. The Labute approximate surface area is 81.1 Å². The second kappa shape index (κ2) is 5.66. The number of halogens is 1.